The van der Waals surface area contributed by atoms with Gasteiger partial charge in [0, 0.05) is 5.02 Å². The van der Waals surface area contributed by atoms with E-state index in [9.17, 15) is 4.79 Å². The summed E-state index contributed by atoms with van der Waals surface area (Å²) >= 11 is 7.35. The van der Waals surface area contributed by atoms with Crippen LogP contribution in [0.25, 0.3) is 0 Å². The number of benzene rings is 2. The van der Waals surface area contributed by atoms with Gasteiger partial charge in [-0.3, -0.25) is 9.69 Å². The monoisotopic (exact) mass is 437 g/mol. The van der Waals surface area contributed by atoms with Crippen LogP contribution >= 0.6 is 23.4 Å². The number of nitrogens with zero attached hydrogens (tertiary/aromatic N) is 3. The Morgan fingerprint density at radius 3 is 2.60 bits per heavy atom. The van der Waals surface area contributed by atoms with Crippen molar-refractivity contribution in [3.63, 3.8) is 0 Å². The predicted molar refractivity (Wildman–Crippen MR) is 122 cm³/mol. The summed E-state index contributed by atoms with van der Waals surface area (Å²) in [6, 6.07) is 19.2. The summed E-state index contributed by atoms with van der Waals surface area (Å²) < 4.78 is 5.43. The number of carbonyl (C=O) groups is 1. The lowest BCUT2D eigenvalue weighted by molar-refractivity contribution is -0.126. The highest BCUT2D eigenvalue weighted by Crippen LogP contribution is 2.31. The van der Waals surface area contributed by atoms with Crippen molar-refractivity contribution in [3.05, 3.63) is 94.4 Å². The fourth-order valence-electron chi connectivity index (χ4n) is 3.05. The lowest BCUT2D eigenvalue weighted by atomic mass is 10.1. The Kier molecular flexibility index (Phi) is 6.35. The Balaban J connectivity index is 1.54. The molecule has 0 radical (unpaired) electrons. The van der Waals surface area contributed by atoms with Crippen LogP contribution in [-0.2, 0) is 17.8 Å². The van der Waals surface area contributed by atoms with E-state index in [0.29, 0.717) is 28.9 Å². The van der Waals surface area contributed by atoms with Gasteiger partial charge < -0.3 is 4.42 Å². The van der Waals surface area contributed by atoms with Gasteiger partial charge in [0.25, 0.3) is 0 Å². The molecule has 5 nitrogen and oxygen atoms in total. The smallest absolute Gasteiger partial charge is 0.242 e. The molecule has 0 saturated carbocycles. The highest BCUT2D eigenvalue weighted by molar-refractivity contribution is 8.15. The number of furan rings is 1. The van der Waals surface area contributed by atoms with E-state index in [2.05, 4.69) is 34.5 Å². The summed E-state index contributed by atoms with van der Waals surface area (Å²) in [7, 11) is 0. The van der Waals surface area contributed by atoms with E-state index < -0.39 is 0 Å². The van der Waals surface area contributed by atoms with Crippen LogP contribution in [0.3, 0.4) is 0 Å². The van der Waals surface area contributed by atoms with E-state index in [4.69, 9.17) is 16.0 Å². The third-order valence-electron chi connectivity index (χ3n) is 4.68. The molecule has 1 atom stereocenters. The van der Waals surface area contributed by atoms with Crippen molar-refractivity contribution in [1.82, 2.24) is 4.90 Å². The number of halogens is 1. The van der Waals surface area contributed by atoms with Crippen LogP contribution in [0.15, 0.2) is 81.5 Å². The van der Waals surface area contributed by atoms with E-state index >= 15 is 0 Å². The summed E-state index contributed by atoms with van der Waals surface area (Å²) in [6.07, 6.45) is 3.88. The zero-order chi connectivity index (χ0) is 20.9. The molecule has 1 aliphatic heterocycles. The highest BCUT2D eigenvalue weighted by atomic mass is 35.5. The van der Waals surface area contributed by atoms with Crippen LogP contribution in [0.1, 0.15) is 22.5 Å². The number of rotatable bonds is 6. The third-order valence-corrected chi connectivity index (χ3v) is 6.09. The Hall–Kier alpha value is -2.83. The van der Waals surface area contributed by atoms with Gasteiger partial charge in [-0.1, -0.05) is 65.3 Å². The van der Waals surface area contributed by atoms with Crippen LogP contribution in [-0.4, -0.2) is 27.4 Å². The molecular formula is C23H20ClN3O2S. The summed E-state index contributed by atoms with van der Waals surface area (Å²) in [5.74, 6) is 0.715. The number of carbonyl (C=O) groups excluding carboxylic acids is 1. The van der Waals surface area contributed by atoms with Crippen molar-refractivity contribution in [3.8, 4) is 0 Å². The molecule has 0 N–H and O–H groups in total. The molecule has 1 aliphatic rings. The Morgan fingerprint density at radius 1 is 1.13 bits per heavy atom. The minimum atomic E-state index is -0.243. The molecule has 3 aromatic rings. The normalized spacial score (nSPS) is 18.1. The van der Waals surface area contributed by atoms with E-state index in [-0.39, 0.29) is 11.2 Å². The van der Waals surface area contributed by atoms with Crippen molar-refractivity contribution < 1.29 is 9.21 Å². The summed E-state index contributed by atoms with van der Waals surface area (Å²) in [5, 5.41) is 9.52. The number of aryl methyl sites for hydroxylation is 1. The average molecular weight is 438 g/mol. The summed E-state index contributed by atoms with van der Waals surface area (Å²) in [6.45, 7) is 2.38. The van der Waals surface area contributed by atoms with Crippen molar-refractivity contribution in [2.24, 2.45) is 10.2 Å². The summed E-state index contributed by atoms with van der Waals surface area (Å²) in [4.78, 5) is 14.7. The lowest BCUT2D eigenvalue weighted by Gasteiger charge is -2.14. The Labute approximate surface area is 184 Å². The van der Waals surface area contributed by atoms with E-state index in [1.807, 2.05) is 31.2 Å². The van der Waals surface area contributed by atoms with Crippen LogP contribution < -0.4 is 0 Å². The Morgan fingerprint density at radius 2 is 1.90 bits per heavy atom. The molecule has 1 unspecified atom stereocenters. The van der Waals surface area contributed by atoms with Crippen molar-refractivity contribution in [2.75, 3.05) is 0 Å². The van der Waals surface area contributed by atoms with E-state index in [1.165, 1.54) is 17.3 Å². The number of amidine groups is 1. The van der Waals surface area contributed by atoms with Crippen molar-refractivity contribution in [2.45, 2.75) is 25.1 Å². The molecule has 0 spiro atoms. The first-order chi connectivity index (χ1) is 14.6. The van der Waals surface area contributed by atoms with Gasteiger partial charge in [0.1, 0.15) is 5.76 Å². The van der Waals surface area contributed by atoms with Crippen molar-refractivity contribution in [1.29, 1.82) is 0 Å². The zero-order valence-electron chi connectivity index (χ0n) is 16.4. The van der Waals surface area contributed by atoms with Gasteiger partial charge in [-0.2, -0.15) is 5.10 Å². The minimum absolute atomic E-state index is 0.0115. The van der Waals surface area contributed by atoms with Gasteiger partial charge in [-0.05, 0) is 48.7 Å². The first-order valence-electron chi connectivity index (χ1n) is 9.51. The minimum Gasteiger partial charge on any atom is -0.467 e. The van der Waals surface area contributed by atoms with Gasteiger partial charge in [-0.15, -0.1) is 5.10 Å². The first-order valence-corrected chi connectivity index (χ1v) is 10.8. The molecule has 1 amide bonds. The molecule has 1 saturated heterocycles. The molecule has 2 heterocycles. The number of hydrogen-bond acceptors (Lipinski definition) is 5. The van der Waals surface area contributed by atoms with Gasteiger partial charge in [-0.25, -0.2) is 0 Å². The van der Waals surface area contributed by atoms with Gasteiger partial charge in [0.2, 0.25) is 5.91 Å². The maximum atomic E-state index is 13.1. The fraction of sp³-hybridized carbons (Fsp3) is 0.174. The number of hydrogen-bond donors (Lipinski definition) is 0. The van der Waals surface area contributed by atoms with E-state index in [0.717, 1.165) is 11.1 Å². The fourth-order valence-corrected chi connectivity index (χ4v) is 4.31. The maximum absolute atomic E-state index is 13.1. The molecule has 0 aliphatic carbocycles. The third kappa shape index (κ3) is 5.01. The lowest BCUT2D eigenvalue weighted by Crippen LogP contribution is -2.32. The van der Waals surface area contributed by atoms with Gasteiger partial charge >= 0.3 is 0 Å². The molecule has 0 bridgehead atoms. The van der Waals surface area contributed by atoms with Gasteiger partial charge in [0.15, 0.2) is 5.17 Å². The second kappa shape index (κ2) is 9.32. The standard InChI is InChI=1S/C23H20ClN3O2S/c1-16-4-6-17(7-5-16)13-21-22(28)27(15-20-3-2-12-29-20)23(30-21)26-25-14-18-8-10-19(24)11-9-18/h2-12,14,21H,13,15H2,1H3. The highest BCUT2D eigenvalue weighted by Gasteiger charge is 2.38. The van der Waals surface area contributed by atoms with Crippen LogP contribution in [0.4, 0.5) is 0 Å². The maximum Gasteiger partial charge on any atom is 0.242 e. The quantitative estimate of drug-likeness (QED) is 0.387. The molecule has 4 rings (SSSR count). The molecule has 1 aromatic heterocycles. The second-order valence-corrected chi connectivity index (χ2v) is 8.58. The zero-order valence-corrected chi connectivity index (χ0v) is 17.9. The molecule has 1 fully saturated rings. The molecule has 2 aromatic carbocycles. The molecular weight excluding hydrogens is 418 g/mol. The first kappa shape index (κ1) is 20.4. The van der Waals surface area contributed by atoms with Crippen molar-refractivity contribution >= 4 is 40.7 Å². The van der Waals surface area contributed by atoms with Gasteiger partial charge in [0.05, 0.1) is 24.3 Å². The van der Waals surface area contributed by atoms with E-state index in [1.54, 1.807) is 29.5 Å². The van der Waals surface area contributed by atoms with Crippen LogP contribution in [0.2, 0.25) is 5.02 Å². The second-order valence-electron chi connectivity index (χ2n) is 6.98. The average Bonchev–Trinajstić information content (AvgIpc) is 3.35. The summed E-state index contributed by atoms with van der Waals surface area (Å²) in [5.41, 5.74) is 3.20. The number of amides is 1. The molecule has 7 heteroatoms. The van der Waals surface area contributed by atoms with Crippen LogP contribution in [0, 0.1) is 6.92 Å². The SMILES string of the molecule is Cc1ccc(CC2SC(=NN=Cc3ccc(Cl)cc3)N(Cc3ccco3)C2=O)cc1. The number of thioether (sulfide) groups is 1. The van der Waals surface area contributed by atoms with Crippen LogP contribution in [0.5, 0.6) is 0 Å². The Bertz CT molecular complexity index is 1060. The molecule has 152 valence electrons. The molecule has 30 heavy (non-hydrogen) atoms. The predicted octanol–water partition coefficient (Wildman–Crippen LogP) is 5.32. The largest absolute Gasteiger partial charge is 0.467 e. The topological polar surface area (TPSA) is 58.2 Å².